The van der Waals surface area contributed by atoms with Crippen LogP contribution in [0.1, 0.15) is 10.6 Å². The van der Waals surface area contributed by atoms with E-state index in [1.54, 1.807) is 18.3 Å². The molecular formula is C15H10F2N2O3. The third-order valence-electron chi connectivity index (χ3n) is 2.85. The lowest BCUT2D eigenvalue weighted by atomic mass is 10.3. The Morgan fingerprint density at radius 3 is 2.68 bits per heavy atom. The Kier molecular flexibility index (Phi) is 3.69. The lowest BCUT2D eigenvalue weighted by molar-refractivity contribution is -0.0498. The van der Waals surface area contributed by atoms with E-state index in [4.69, 9.17) is 4.42 Å². The zero-order valence-corrected chi connectivity index (χ0v) is 11.1. The van der Waals surface area contributed by atoms with Crippen molar-refractivity contribution in [2.45, 2.75) is 6.61 Å². The molecule has 1 amide bonds. The van der Waals surface area contributed by atoms with Gasteiger partial charge in [-0.3, -0.25) is 9.78 Å². The number of rotatable bonds is 4. The number of hydrogen-bond donors (Lipinski definition) is 1. The van der Waals surface area contributed by atoms with Gasteiger partial charge in [0.05, 0.1) is 0 Å². The molecule has 0 radical (unpaired) electrons. The number of furan rings is 1. The Morgan fingerprint density at radius 2 is 2.00 bits per heavy atom. The van der Waals surface area contributed by atoms with E-state index in [1.165, 1.54) is 30.3 Å². The Bertz CT molecular complexity index is 767. The lowest BCUT2D eigenvalue weighted by Gasteiger charge is -2.06. The number of alkyl halides is 2. The summed E-state index contributed by atoms with van der Waals surface area (Å²) in [6.45, 7) is -2.89. The smallest absolute Gasteiger partial charge is 0.387 e. The first-order valence-electron chi connectivity index (χ1n) is 6.32. The first kappa shape index (κ1) is 14.0. The summed E-state index contributed by atoms with van der Waals surface area (Å²) in [5.41, 5.74) is 1.52. The number of halogens is 2. The highest BCUT2D eigenvalue weighted by atomic mass is 19.3. The zero-order valence-electron chi connectivity index (χ0n) is 11.1. The first-order chi connectivity index (χ1) is 10.6. The highest BCUT2D eigenvalue weighted by Crippen LogP contribution is 2.20. The second kappa shape index (κ2) is 5.80. The molecule has 1 aromatic carbocycles. The van der Waals surface area contributed by atoms with Crippen molar-refractivity contribution in [3.05, 3.63) is 54.4 Å². The SMILES string of the molecule is O=C(Nc1ccc(OC(F)F)cc1)c1cc2ncccc2o1. The van der Waals surface area contributed by atoms with Crippen LogP contribution in [0.2, 0.25) is 0 Å². The summed E-state index contributed by atoms with van der Waals surface area (Å²) in [5, 5.41) is 2.60. The number of ether oxygens (including phenoxy) is 1. The molecule has 0 bridgehead atoms. The molecule has 3 rings (SSSR count). The van der Waals surface area contributed by atoms with Crippen LogP contribution in [0.3, 0.4) is 0 Å². The highest BCUT2D eigenvalue weighted by Gasteiger charge is 2.13. The van der Waals surface area contributed by atoms with Crippen molar-refractivity contribution in [1.82, 2.24) is 4.98 Å². The van der Waals surface area contributed by atoms with Crippen molar-refractivity contribution in [3.63, 3.8) is 0 Å². The fraction of sp³-hybridized carbons (Fsp3) is 0.0667. The van der Waals surface area contributed by atoms with E-state index >= 15 is 0 Å². The number of benzene rings is 1. The van der Waals surface area contributed by atoms with E-state index in [0.29, 0.717) is 16.8 Å². The fourth-order valence-corrected chi connectivity index (χ4v) is 1.89. The van der Waals surface area contributed by atoms with E-state index < -0.39 is 12.5 Å². The van der Waals surface area contributed by atoms with Gasteiger partial charge in [0.25, 0.3) is 5.91 Å². The molecule has 0 spiro atoms. The molecule has 0 saturated carbocycles. The molecule has 5 nitrogen and oxygen atoms in total. The van der Waals surface area contributed by atoms with E-state index in [-0.39, 0.29) is 11.5 Å². The number of amides is 1. The maximum absolute atomic E-state index is 12.1. The molecule has 2 aromatic heterocycles. The number of nitrogens with zero attached hydrogens (tertiary/aromatic N) is 1. The highest BCUT2D eigenvalue weighted by molar-refractivity contribution is 6.04. The average Bonchev–Trinajstić information content (AvgIpc) is 2.93. The zero-order chi connectivity index (χ0) is 15.5. The second-order valence-electron chi connectivity index (χ2n) is 4.35. The van der Waals surface area contributed by atoms with Crippen LogP contribution in [0.15, 0.2) is 53.1 Å². The number of carbonyl (C=O) groups excluding carboxylic acids is 1. The van der Waals surface area contributed by atoms with Crippen molar-refractivity contribution in [1.29, 1.82) is 0 Å². The van der Waals surface area contributed by atoms with Crippen LogP contribution in [-0.4, -0.2) is 17.5 Å². The van der Waals surface area contributed by atoms with Gasteiger partial charge >= 0.3 is 6.61 Å². The van der Waals surface area contributed by atoms with Crippen molar-refractivity contribution < 1.29 is 22.7 Å². The Balaban J connectivity index is 1.73. The van der Waals surface area contributed by atoms with Crippen molar-refractivity contribution in [3.8, 4) is 5.75 Å². The predicted molar refractivity (Wildman–Crippen MR) is 75.0 cm³/mol. The van der Waals surface area contributed by atoms with Gasteiger partial charge in [0, 0.05) is 18.0 Å². The van der Waals surface area contributed by atoms with Crippen molar-refractivity contribution in [2.75, 3.05) is 5.32 Å². The van der Waals surface area contributed by atoms with Gasteiger partial charge in [0.15, 0.2) is 11.3 Å². The first-order valence-corrected chi connectivity index (χ1v) is 6.32. The van der Waals surface area contributed by atoms with Crippen LogP contribution in [-0.2, 0) is 0 Å². The molecule has 0 aliphatic carbocycles. The number of carbonyl (C=O) groups is 1. The number of hydrogen-bond acceptors (Lipinski definition) is 4. The monoisotopic (exact) mass is 304 g/mol. The molecule has 0 aliphatic rings. The molecule has 0 fully saturated rings. The Hall–Kier alpha value is -2.96. The largest absolute Gasteiger partial charge is 0.449 e. The summed E-state index contributed by atoms with van der Waals surface area (Å²) in [7, 11) is 0. The van der Waals surface area contributed by atoms with Crippen LogP contribution >= 0.6 is 0 Å². The molecule has 3 aromatic rings. The maximum atomic E-state index is 12.1. The minimum atomic E-state index is -2.89. The number of fused-ring (bicyclic) bond motifs is 1. The molecule has 2 heterocycles. The molecule has 0 atom stereocenters. The minimum Gasteiger partial charge on any atom is -0.449 e. The molecule has 0 saturated heterocycles. The van der Waals surface area contributed by atoms with Gasteiger partial charge in [-0.1, -0.05) is 0 Å². The number of pyridine rings is 1. The van der Waals surface area contributed by atoms with Gasteiger partial charge in [0.1, 0.15) is 11.3 Å². The summed E-state index contributed by atoms with van der Waals surface area (Å²) in [5.74, 6) is -0.330. The van der Waals surface area contributed by atoms with Crippen LogP contribution in [0.25, 0.3) is 11.1 Å². The van der Waals surface area contributed by atoms with Gasteiger partial charge < -0.3 is 14.5 Å². The van der Waals surface area contributed by atoms with Crippen molar-refractivity contribution in [2.24, 2.45) is 0 Å². The summed E-state index contributed by atoms with van der Waals surface area (Å²) >= 11 is 0. The lowest BCUT2D eigenvalue weighted by Crippen LogP contribution is -2.10. The molecular weight excluding hydrogens is 294 g/mol. The van der Waals surface area contributed by atoms with E-state index in [0.717, 1.165) is 0 Å². The van der Waals surface area contributed by atoms with Crippen LogP contribution in [0.4, 0.5) is 14.5 Å². The maximum Gasteiger partial charge on any atom is 0.387 e. The van der Waals surface area contributed by atoms with Crippen LogP contribution in [0, 0.1) is 0 Å². The summed E-state index contributed by atoms with van der Waals surface area (Å²) < 4.78 is 33.7. The topological polar surface area (TPSA) is 64.4 Å². The molecule has 0 unspecified atom stereocenters. The Labute approximate surface area is 123 Å². The van der Waals surface area contributed by atoms with Crippen molar-refractivity contribution >= 4 is 22.7 Å². The van der Waals surface area contributed by atoms with E-state index in [1.807, 2.05) is 0 Å². The molecule has 0 aliphatic heterocycles. The molecule has 1 N–H and O–H groups in total. The Morgan fingerprint density at radius 1 is 1.23 bits per heavy atom. The van der Waals surface area contributed by atoms with Gasteiger partial charge in [-0.2, -0.15) is 8.78 Å². The van der Waals surface area contributed by atoms with Crippen LogP contribution in [0.5, 0.6) is 5.75 Å². The molecule has 7 heteroatoms. The number of nitrogens with one attached hydrogen (secondary N) is 1. The normalized spacial score (nSPS) is 10.9. The molecule has 22 heavy (non-hydrogen) atoms. The summed E-state index contributed by atoms with van der Waals surface area (Å²) in [4.78, 5) is 16.1. The minimum absolute atomic E-state index is 0.0148. The summed E-state index contributed by atoms with van der Waals surface area (Å²) in [6, 6.07) is 10.5. The van der Waals surface area contributed by atoms with Gasteiger partial charge in [0.2, 0.25) is 0 Å². The van der Waals surface area contributed by atoms with E-state index in [2.05, 4.69) is 15.0 Å². The van der Waals surface area contributed by atoms with Crippen LogP contribution < -0.4 is 10.1 Å². The third-order valence-corrected chi connectivity index (χ3v) is 2.85. The number of anilines is 1. The average molecular weight is 304 g/mol. The standard InChI is InChI=1S/C15H10F2N2O3/c16-15(17)21-10-5-3-9(4-6-10)19-14(20)13-8-11-12(22-13)2-1-7-18-11/h1-8,15H,(H,19,20). The van der Waals surface area contributed by atoms with Gasteiger partial charge in [-0.05, 0) is 36.4 Å². The van der Waals surface area contributed by atoms with Gasteiger partial charge in [-0.25, -0.2) is 0 Å². The number of aromatic nitrogens is 1. The fourth-order valence-electron chi connectivity index (χ4n) is 1.89. The van der Waals surface area contributed by atoms with E-state index in [9.17, 15) is 13.6 Å². The quantitative estimate of drug-likeness (QED) is 0.798. The molecule has 112 valence electrons. The predicted octanol–water partition coefficient (Wildman–Crippen LogP) is 3.68. The second-order valence-corrected chi connectivity index (χ2v) is 4.35. The summed E-state index contributed by atoms with van der Waals surface area (Å²) in [6.07, 6.45) is 1.60. The third kappa shape index (κ3) is 3.03. The van der Waals surface area contributed by atoms with Gasteiger partial charge in [-0.15, -0.1) is 0 Å².